The zero-order chi connectivity index (χ0) is 22.7. The highest BCUT2D eigenvalue weighted by molar-refractivity contribution is 5.93. The van der Waals surface area contributed by atoms with Crippen molar-refractivity contribution in [2.75, 3.05) is 13.7 Å². The van der Waals surface area contributed by atoms with Gasteiger partial charge in [-0.15, -0.1) is 0 Å². The molecule has 4 rings (SSSR count). The molecular formula is C25H27NO6. The van der Waals surface area contributed by atoms with Gasteiger partial charge in [0.25, 0.3) is 0 Å². The third-order valence-corrected chi connectivity index (χ3v) is 6.41. The predicted octanol–water partition coefficient (Wildman–Crippen LogP) is 3.48. The molecule has 2 aromatic rings. The minimum Gasteiger partial charge on any atom is -0.461 e. The molecule has 0 aromatic heterocycles. The Morgan fingerprint density at radius 1 is 0.969 bits per heavy atom. The van der Waals surface area contributed by atoms with E-state index in [4.69, 9.17) is 14.2 Å². The van der Waals surface area contributed by atoms with E-state index in [1.54, 1.807) is 48.5 Å². The van der Waals surface area contributed by atoms with Crippen molar-refractivity contribution in [1.82, 2.24) is 4.90 Å². The van der Waals surface area contributed by atoms with Gasteiger partial charge in [0.1, 0.15) is 17.4 Å². The van der Waals surface area contributed by atoms with E-state index in [9.17, 15) is 14.4 Å². The van der Waals surface area contributed by atoms with Crippen LogP contribution in [-0.2, 0) is 14.3 Å². The molecule has 2 bridgehead atoms. The van der Waals surface area contributed by atoms with Crippen molar-refractivity contribution in [3.8, 4) is 5.75 Å². The van der Waals surface area contributed by atoms with Gasteiger partial charge in [-0.2, -0.15) is 0 Å². The van der Waals surface area contributed by atoms with Crippen LogP contribution in [0.1, 0.15) is 46.9 Å². The number of nitrogens with zero attached hydrogens (tertiary/aromatic N) is 1. The summed E-state index contributed by atoms with van der Waals surface area (Å²) in [5, 5.41) is 0. The summed E-state index contributed by atoms with van der Waals surface area (Å²) >= 11 is 0. The van der Waals surface area contributed by atoms with Crippen LogP contribution in [0.25, 0.3) is 0 Å². The molecule has 2 fully saturated rings. The second-order valence-electron chi connectivity index (χ2n) is 8.36. The topological polar surface area (TPSA) is 82.1 Å². The van der Waals surface area contributed by atoms with Crippen LogP contribution in [0.2, 0.25) is 0 Å². The van der Waals surface area contributed by atoms with Gasteiger partial charge in [0.05, 0.1) is 12.2 Å². The number of hydrogen-bond donors (Lipinski definition) is 0. The number of ether oxygens (including phenoxy) is 3. The molecule has 0 saturated carbocycles. The van der Waals surface area contributed by atoms with Crippen LogP contribution in [0, 0.1) is 5.92 Å². The van der Waals surface area contributed by atoms with Crippen molar-refractivity contribution in [2.24, 2.45) is 5.92 Å². The van der Waals surface area contributed by atoms with Crippen molar-refractivity contribution in [3.05, 3.63) is 65.7 Å². The first kappa shape index (κ1) is 22.0. The molecule has 0 aliphatic carbocycles. The number of rotatable bonds is 6. The molecule has 4 atom stereocenters. The molecule has 0 spiro atoms. The van der Waals surface area contributed by atoms with Crippen LogP contribution >= 0.6 is 0 Å². The number of para-hydroxylation sites is 1. The summed E-state index contributed by atoms with van der Waals surface area (Å²) < 4.78 is 16.7. The minimum atomic E-state index is -0.572. The summed E-state index contributed by atoms with van der Waals surface area (Å²) in [6, 6.07) is 15.9. The number of hydrogen-bond acceptors (Lipinski definition) is 7. The molecule has 2 saturated heterocycles. The van der Waals surface area contributed by atoms with Crippen LogP contribution in [0.3, 0.4) is 0 Å². The van der Waals surface area contributed by atoms with Crippen molar-refractivity contribution < 1.29 is 28.6 Å². The molecule has 2 aliphatic heterocycles. The molecule has 2 aliphatic rings. The van der Waals surface area contributed by atoms with Gasteiger partial charge in [0.15, 0.2) is 0 Å². The molecule has 168 valence electrons. The maximum atomic E-state index is 12.8. The molecule has 7 heteroatoms. The Hall–Kier alpha value is -3.19. The summed E-state index contributed by atoms with van der Waals surface area (Å²) in [7, 11) is 2.07. The summed E-state index contributed by atoms with van der Waals surface area (Å²) in [5.41, 5.74) is 0.693. The number of esters is 3. The Morgan fingerprint density at radius 3 is 2.44 bits per heavy atom. The standard InChI is InChI=1S/C25H27NO6/c1-16(27)31-22-11-7-6-10-19(22)25(29)30-15-20-21-13-12-18(26(21)2)14-23(20)32-24(28)17-8-4-3-5-9-17/h3-11,18,20-21,23H,12-15H2,1-2H3/t18?,20-,21?,23+/m1/s1. The lowest BCUT2D eigenvalue weighted by molar-refractivity contribution is -0.131. The molecule has 0 radical (unpaired) electrons. The highest BCUT2D eigenvalue weighted by Gasteiger charge is 2.47. The third kappa shape index (κ3) is 4.67. The third-order valence-electron chi connectivity index (χ3n) is 6.41. The summed E-state index contributed by atoms with van der Waals surface area (Å²) in [5.74, 6) is -1.42. The van der Waals surface area contributed by atoms with Gasteiger partial charge in [-0.1, -0.05) is 30.3 Å². The van der Waals surface area contributed by atoms with Gasteiger partial charge in [-0.25, -0.2) is 9.59 Å². The maximum Gasteiger partial charge on any atom is 0.341 e. The lowest BCUT2D eigenvalue weighted by Gasteiger charge is -2.42. The number of benzene rings is 2. The largest absolute Gasteiger partial charge is 0.461 e. The fraction of sp³-hybridized carbons (Fsp3) is 0.400. The lowest BCUT2D eigenvalue weighted by Crippen LogP contribution is -2.52. The van der Waals surface area contributed by atoms with Gasteiger partial charge in [-0.05, 0) is 44.2 Å². The Labute approximate surface area is 187 Å². The van der Waals surface area contributed by atoms with Crippen LogP contribution in [0.5, 0.6) is 5.75 Å². The average Bonchev–Trinajstić information content (AvgIpc) is 3.03. The molecule has 0 N–H and O–H groups in total. The first-order valence-electron chi connectivity index (χ1n) is 10.9. The zero-order valence-corrected chi connectivity index (χ0v) is 18.2. The van der Waals surface area contributed by atoms with E-state index in [1.807, 2.05) is 6.07 Å². The second kappa shape index (κ2) is 9.53. The molecule has 2 unspecified atom stereocenters. The van der Waals surface area contributed by atoms with Crippen LogP contribution in [-0.4, -0.2) is 54.7 Å². The van der Waals surface area contributed by atoms with E-state index in [0.717, 1.165) is 12.8 Å². The van der Waals surface area contributed by atoms with Crippen molar-refractivity contribution >= 4 is 17.9 Å². The molecule has 2 aromatic carbocycles. The highest BCUT2D eigenvalue weighted by atomic mass is 16.6. The quantitative estimate of drug-likeness (QED) is 0.505. The van der Waals surface area contributed by atoms with Gasteiger partial charge in [-0.3, -0.25) is 9.69 Å². The average molecular weight is 437 g/mol. The SMILES string of the molecule is CC(=O)Oc1ccccc1C(=O)OC[C@@H]1C2CCC(C[C@@H]1OC(=O)c1ccccc1)N2C. The zero-order valence-electron chi connectivity index (χ0n) is 18.2. The highest BCUT2D eigenvalue weighted by Crippen LogP contribution is 2.40. The van der Waals surface area contributed by atoms with E-state index >= 15 is 0 Å². The van der Waals surface area contributed by atoms with E-state index in [-0.39, 0.29) is 42.0 Å². The first-order valence-corrected chi connectivity index (χ1v) is 10.9. The maximum absolute atomic E-state index is 12.8. The summed E-state index contributed by atoms with van der Waals surface area (Å²) in [6.07, 6.45) is 2.36. The molecular weight excluding hydrogens is 410 g/mol. The van der Waals surface area contributed by atoms with Crippen molar-refractivity contribution in [2.45, 2.75) is 44.4 Å². The van der Waals surface area contributed by atoms with Crippen molar-refractivity contribution in [1.29, 1.82) is 0 Å². The summed E-state index contributed by atoms with van der Waals surface area (Å²) in [6.45, 7) is 1.39. The van der Waals surface area contributed by atoms with E-state index < -0.39 is 11.9 Å². The Bertz CT molecular complexity index is 991. The summed E-state index contributed by atoms with van der Waals surface area (Å²) in [4.78, 5) is 39.1. The molecule has 2 heterocycles. The van der Waals surface area contributed by atoms with Crippen LogP contribution < -0.4 is 4.74 Å². The van der Waals surface area contributed by atoms with Crippen LogP contribution in [0.4, 0.5) is 0 Å². The Kier molecular flexibility index (Phi) is 6.55. The fourth-order valence-corrected chi connectivity index (χ4v) is 4.79. The van der Waals surface area contributed by atoms with Gasteiger partial charge < -0.3 is 14.2 Å². The molecule has 7 nitrogen and oxygen atoms in total. The monoisotopic (exact) mass is 437 g/mol. The van der Waals surface area contributed by atoms with Crippen molar-refractivity contribution in [3.63, 3.8) is 0 Å². The van der Waals surface area contributed by atoms with E-state index in [0.29, 0.717) is 18.0 Å². The van der Waals surface area contributed by atoms with E-state index in [2.05, 4.69) is 11.9 Å². The molecule has 32 heavy (non-hydrogen) atoms. The Morgan fingerprint density at radius 2 is 1.69 bits per heavy atom. The smallest absolute Gasteiger partial charge is 0.341 e. The van der Waals surface area contributed by atoms with Gasteiger partial charge in [0.2, 0.25) is 0 Å². The minimum absolute atomic E-state index is 0.113. The van der Waals surface area contributed by atoms with Gasteiger partial charge in [0, 0.05) is 31.3 Å². The second-order valence-corrected chi connectivity index (χ2v) is 8.36. The fourth-order valence-electron chi connectivity index (χ4n) is 4.79. The van der Waals surface area contributed by atoms with E-state index in [1.165, 1.54) is 6.92 Å². The number of carbonyl (C=O) groups is 3. The normalized spacial score (nSPS) is 24.6. The number of fused-ring (bicyclic) bond motifs is 2. The van der Waals surface area contributed by atoms with Crippen LogP contribution in [0.15, 0.2) is 54.6 Å². The lowest BCUT2D eigenvalue weighted by atomic mass is 9.88. The van der Waals surface area contributed by atoms with Gasteiger partial charge >= 0.3 is 17.9 Å². The number of carbonyl (C=O) groups excluding carboxylic acids is 3. The Balaban J connectivity index is 1.48. The first-order chi connectivity index (χ1) is 15.4. The molecule has 0 amide bonds. The predicted molar refractivity (Wildman–Crippen MR) is 116 cm³/mol. The number of piperidine rings is 1.